The molecule has 0 saturated heterocycles. The van der Waals surface area contributed by atoms with Crippen molar-refractivity contribution in [3.05, 3.63) is 15.6 Å². The average Bonchev–Trinajstić information content (AvgIpc) is 2.71. The summed E-state index contributed by atoms with van der Waals surface area (Å²) in [6.07, 6.45) is 6.18. The summed E-state index contributed by atoms with van der Waals surface area (Å²) >= 11 is 1.92. The number of nitrogens with one attached hydrogen (secondary N) is 1. The molecule has 1 aromatic rings. The summed E-state index contributed by atoms with van der Waals surface area (Å²) in [6, 6.07) is 0. The molecule has 16 heavy (non-hydrogen) atoms. The Balaban J connectivity index is 1.74. The maximum absolute atomic E-state index is 4.98. The van der Waals surface area contributed by atoms with Crippen LogP contribution in [-0.2, 0) is 24.0 Å². The van der Waals surface area contributed by atoms with Crippen LogP contribution in [0.3, 0.4) is 0 Å². The first-order chi connectivity index (χ1) is 7.90. The Morgan fingerprint density at radius 2 is 2.19 bits per heavy atom. The van der Waals surface area contributed by atoms with E-state index in [1.165, 1.54) is 41.3 Å². The lowest BCUT2D eigenvalue weighted by atomic mass is 10.0. The van der Waals surface area contributed by atoms with Crippen LogP contribution in [0.15, 0.2) is 0 Å². The number of hydrogen-bond acceptors (Lipinski definition) is 4. The van der Waals surface area contributed by atoms with Gasteiger partial charge in [0.2, 0.25) is 0 Å². The fourth-order valence-electron chi connectivity index (χ4n) is 2.01. The molecule has 0 aliphatic heterocycles. The first-order valence-electron chi connectivity index (χ1n) is 6.07. The van der Waals surface area contributed by atoms with Crippen molar-refractivity contribution in [3.63, 3.8) is 0 Å². The standard InChI is InChI=1S/C12H20N2OS/c1-15-9-8-13-7-6-12-14-10-4-2-3-5-11(10)16-12/h13H,2-9H2,1H3. The maximum Gasteiger partial charge on any atom is 0.0943 e. The molecule has 0 spiro atoms. The zero-order chi connectivity index (χ0) is 11.2. The van der Waals surface area contributed by atoms with Crippen LogP contribution in [-0.4, -0.2) is 31.8 Å². The second kappa shape index (κ2) is 6.33. The van der Waals surface area contributed by atoms with Crippen LogP contribution in [0, 0.1) is 0 Å². The summed E-state index contributed by atoms with van der Waals surface area (Å²) in [5.41, 5.74) is 1.38. The zero-order valence-corrected chi connectivity index (χ0v) is 10.7. The van der Waals surface area contributed by atoms with Crippen molar-refractivity contribution in [2.75, 3.05) is 26.8 Å². The van der Waals surface area contributed by atoms with Crippen LogP contribution in [0.1, 0.15) is 28.4 Å². The van der Waals surface area contributed by atoms with Gasteiger partial charge in [-0.1, -0.05) is 0 Å². The van der Waals surface area contributed by atoms with E-state index in [4.69, 9.17) is 9.72 Å². The molecule has 0 bridgehead atoms. The minimum Gasteiger partial charge on any atom is -0.383 e. The Bertz CT molecular complexity index is 301. The van der Waals surface area contributed by atoms with Gasteiger partial charge >= 0.3 is 0 Å². The van der Waals surface area contributed by atoms with Gasteiger partial charge in [-0.25, -0.2) is 4.98 Å². The van der Waals surface area contributed by atoms with Crippen molar-refractivity contribution in [2.45, 2.75) is 32.1 Å². The Morgan fingerprint density at radius 1 is 1.31 bits per heavy atom. The normalized spacial score (nSPS) is 15.1. The molecule has 90 valence electrons. The van der Waals surface area contributed by atoms with Crippen molar-refractivity contribution in [2.24, 2.45) is 0 Å². The van der Waals surface area contributed by atoms with Gasteiger partial charge in [-0.05, 0) is 25.7 Å². The van der Waals surface area contributed by atoms with E-state index < -0.39 is 0 Å². The molecule has 1 aliphatic rings. The first-order valence-corrected chi connectivity index (χ1v) is 6.89. The van der Waals surface area contributed by atoms with Crippen LogP contribution in [0.2, 0.25) is 0 Å². The molecule has 2 rings (SSSR count). The molecule has 0 fully saturated rings. The molecule has 3 nitrogen and oxygen atoms in total. The molecule has 0 unspecified atom stereocenters. The van der Waals surface area contributed by atoms with Crippen molar-refractivity contribution in [3.8, 4) is 0 Å². The lowest BCUT2D eigenvalue weighted by Crippen LogP contribution is -2.21. The summed E-state index contributed by atoms with van der Waals surface area (Å²) in [5.74, 6) is 0. The number of hydrogen-bond donors (Lipinski definition) is 1. The fraction of sp³-hybridized carbons (Fsp3) is 0.750. The van der Waals surface area contributed by atoms with E-state index in [1.807, 2.05) is 11.3 Å². The lowest BCUT2D eigenvalue weighted by molar-refractivity contribution is 0.199. The van der Waals surface area contributed by atoms with Crippen molar-refractivity contribution in [1.29, 1.82) is 0 Å². The highest BCUT2D eigenvalue weighted by Gasteiger charge is 2.14. The highest BCUT2D eigenvalue weighted by molar-refractivity contribution is 7.11. The quantitative estimate of drug-likeness (QED) is 0.770. The van der Waals surface area contributed by atoms with E-state index >= 15 is 0 Å². The highest BCUT2D eigenvalue weighted by Crippen LogP contribution is 2.26. The minimum atomic E-state index is 0.786. The molecule has 0 aromatic carbocycles. The van der Waals surface area contributed by atoms with E-state index in [9.17, 15) is 0 Å². The topological polar surface area (TPSA) is 34.1 Å². The molecule has 0 saturated carbocycles. The third-order valence-corrected chi connectivity index (χ3v) is 4.11. The summed E-state index contributed by atoms with van der Waals surface area (Å²) in [6.45, 7) is 2.73. The van der Waals surface area contributed by atoms with E-state index in [0.717, 1.165) is 26.1 Å². The van der Waals surface area contributed by atoms with E-state index in [0.29, 0.717) is 0 Å². The number of rotatable bonds is 6. The molecule has 1 aliphatic carbocycles. The lowest BCUT2D eigenvalue weighted by Gasteiger charge is -2.06. The largest absolute Gasteiger partial charge is 0.383 e. The second-order valence-corrected chi connectivity index (χ2v) is 5.35. The van der Waals surface area contributed by atoms with Crippen molar-refractivity contribution < 1.29 is 4.74 Å². The molecular formula is C12H20N2OS. The molecule has 1 aromatic heterocycles. The monoisotopic (exact) mass is 240 g/mol. The van der Waals surface area contributed by atoms with E-state index in [-0.39, 0.29) is 0 Å². The van der Waals surface area contributed by atoms with Gasteiger partial charge in [0.25, 0.3) is 0 Å². The molecule has 0 radical (unpaired) electrons. The maximum atomic E-state index is 4.98. The number of aryl methyl sites for hydroxylation is 2. The van der Waals surface area contributed by atoms with E-state index in [2.05, 4.69) is 5.32 Å². The van der Waals surface area contributed by atoms with Gasteiger partial charge in [0, 0.05) is 31.5 Å². The molecule has 4 heteroatoms. The van der Waals surface area contributed by atoms with Gasteiger partial charge in [0.05, 0.1) is 17.3 Å². The Morgan fingerprint density at radius 3 is 3.00 bits per heavy atom. The average molecular weight is 240 g/mol. The third-order valence-electron chi connectivity index (χ3n) is 2.89. The molecule has 1 N–H and O–H groups in total. The van der Waals surface area contributed by atoms with Gasteiger partial charge in [-0.3, -0.25) is 0 Å². The second-order valence-electron chi connectivity index (χ2n) is 4.18. The van der Waals surface area contributed by atoms with Crippen molar-refractivity contribution in [1.82, 2.24) is 10.3 Å². The molecule has 1 heterocycles. The van der Waals surface area contributed by atoms with Crippen LogP contribution < -0.4 is 5.32 Å². The number of aromatic nitrogens is 1. The van der Waals surface area contributed by atoms with Gasteiger partial charge in [-0.15, -0.1) is 11.3 Å². The Kier molecular flexibility index (Phi) is 4.75. The van der Waals surface area contributed by atoms with Gasteiger partial charge in [0.1, 0.15) is 0 Å². The van der Waals surface area contributed by atoms with Gasteiger partial charge in [-0.2, -0.15) is 0 Å². The minimum absolute atomic E-state index is 0.786. The van der Waals surface area contributed by atoms with Crippen molar-refractivity contribution >= 4 is 11.3 Å². The SMILES string of the molecule is COCCNCCc1nc2c(s1)CCCC2. The summed E-state index contributed by atoms with van der Waals surface area (Å²) in [4.78, 5) is 6.26. The Labute approximate surface area is 101 Å². The number of methoxy groups -OCH3 is 1. The van der Waals surface area contributed by atoms with Crippen LogP contribution >= 0.6 is 11.3 Å². The number of thiazole rings is 1. The first kappa shape index (κ1) is 12.0. The predicted molar refractivity (Wildman–Crippen MR) is 67.2 cm³/mol. The van der Waals surface area contributed by atoms with Crippen LogP contribution in [0.25, 0.3) is 0 Å². The number of ether oxygens (including phenoxy) is 1. The zero-order valence-electron chi connectivity index (χ0n) is 9.92. The number of nitrogens with zero attached hydrogens (tertiary/aromatic N) is 1. The predicted octanol–water partition coefficient (Wildman–Crippen LogP) is 1.80. The molecular weight excluding hydrogens is 220 g/mol. The van der Waals surface area contributed by atoms with Crippen LogP contribution in [0.5, 0.6) is 0 Å². The highest BCUT2D eigenvalue weighted by atomic mass is 32.1. The van der Waals surface area contributed by atoms with Gasteiger partial charge < -0.3 is 10.1 Å². The molecule has 0 amide bonds. The Hall–Kier alpha value is -0.450. The summed E-state index contributed by atoms with van der Waals surface area (Å²) < 4.78 is 4.98. The van der Waals surface area contributed by atoms with Crippen LogP contribution in [0.4, 0.5) is 0 Å². The smallest absolute Gasteiger partial charge is 0.0943 e. The van der Waals surface area contributed by atoms with E-state index in [1.54, 1.807) is 7.11 Å². The molecule has 0 atom stereocenters. The van der Waals surface area contributed by atoms with Gasteiger partial charge in [0.15, 0.2) is 0 Å². The number of fused-ring (bicyclic) bond motifs is 1. The summed E-state index contributed by atoms with van der Waals surface area (Å²) in [7, 11) is 1.73. The third kappa shape index (κ3) is 3.27. The fourth-order valence-corrected chi connectivity index (χ4v) is 3.16. The summed E-state index contributed by atoms with van der Waals surface area (Å²) in [5, 5.41) is 4.66.